The summed E-state index contributed by atoms with van der Waals surface area (Å²) >= 11 is 0. The lowest BCUT2D eigenvalue weighted by Gasteiger charge is -2.09. The predicted octanol–water partition coefficient (Wildman–Crippen LogP) is 2.33. The Hall–Kier alpha value is -3.01. The normalized spacial score (nSPS) is 14.1. The number of hydrogen-bond donors (Lipinski definition) is 1. The standard InChI is InChI=1S/C18H20N6O/c1-3-4-10-18(21-22-18)11-12-19-17(25)16-14(2)24(23-20-16)13-15-8-6-5-7-9-15/h1,5-9H,4,10-13H2,2H3,(H,19,25). The molecule has 128 valence electrons. The molecule has 0 bridgehead atoms. The number of aromatic nitrogens is 3. The molecule has 0 saturated carbocycles. The highest BCUT2D eigenvalue weighted by Gasteiger charge is 2.38. The first kappa shape index (κ1) is 16.8. The molecular weight excluding hydrogens is 316 g/mol. The van der Waals surface area contributed by atoms with Crippen molar-refractivity contribution in [3.8, 4) is 12.3 Å². The lowest BCUT2D eigenvalue weighted by Crippen LogP contribution is -2.29. The summed E-state index contributed by atoms with van der Waals surface area (Å²) in [4.78, 5) is 12.3. The maximum atomic E-state index is 12.3. The lowest BCUT2D eigenvalue weighted by molar-refractivity contribution is 0.0946. The van der Waals surface area contributed by atoms with Gasteiger partial charge in [0.2, 0.25) is 0 Å². The topological polar surface area (TPSA) is 84.5 Å². The van der Waals surface area contributed by atoms with Gasteiger partial charge in [-0.3, -0.25) is 4.79 Å². The Morgan fingerprint density at radius 1 is 1.28 bits per heavy atom. The number of carbonyl (C=O) groups is 1. The van der Waals surface area contributed by atoms with Gasteiger partial charge in [-0.25, -0.2) is 4.68 Å². The molecule has 2 heterocycles. The van der Waals surface area contributed by atoms with Gasteiger partial charge in [0, 0.05) is 25.8 Å². The molecule has 0 saturated heterocycles. The number of benzene rings is 1. The first-order chi connectivity index (χ1) is 12.1. The summed E-state index contributed by atoms with van der Waals surface area (Å²) in [6, 6.07) is 9.93. The highest BCUT2D eigenvalue weighted by molar-refractivity contribution is 5.93. The molecule has 0 fully saturated rings. The van der Waals surface area contributed by atoms with Crippen molar-refractivity contribution in [3.63, 3.8) is 0 Å². The summed E-state index contributed by atoms with van der Waals surface area (Å²) in [5.74, 6) is 2.36. The number of nitrogens with one attached hydrogen (secondary N) is 1. The fourth-order valence-electron chi connectivity index (χ4n) is 2.60. The first-order valence-electron chi connectivity index (χ1n) is 8.23. The van der Waals surface area contributed by atoms with Gasteiger partial charge < -0.3 is 5.32 Å². The van der Waals surface area contributed by atoms with E-state index >= 15 is 0 Å². The second kappa shape index (κ2) is 7.26. The Morgan fingerprint density at radius 3 is 2.72 bits per heavy atom. The van der Waals surface area contributed by atoms with Crippen molar-refractivity contribution < 1.29 is 4.79 Å². The fourth-order valence-corrected chi connectivity index (χ4v) is 2.60. The predicted molar refractivity (Wildman–Crippen MR) is 92.9 cm³/mol. The van der Waals surface area contributed by atoms with E-state index in [0.29, 0.717) is 31.6 Å². The van der Waals surface area contributed by atoms with E-state index in [1.807, 2.05) is 37.3 Å². The smallest absolute Gasteiger partial charge is 0.273 e. The van der Waals surface area contributed by atoms with E-state index in [0.717, 1.165) is 17.7 Å². The van der Waals surface area contributed by atoms with Gasteiger partial charge in [0.25, 0.3) is 5.91 Å². The van der Waals surface area contributed by atoms with Crippen molar-refractivity contribution in [1.29, 1.82) is 0 Å². The highest BCUT2D eigenvalue weighted by atomic mass is 16.2. The highest BCUT2D eigenvalue weighted by Crippen LogP contribution is 2.36. The summed E-state index contributed by atoms with van der Waals surface area (Å²) in [5.41, 5.74) is 1.80. The third-order valence-corrected chi connectivity index (χ3v) is 4.24. The van der Waals surface area contributed by atoms with Crippen LogP contribution in [0, 0.1) is 19.3 Å². The van der Waals surface area contributed by atoms with Crippen molar-refractivity contribution in [1.82, 2.24) is 20.3 Å². The second-order valence-electron chi connectivity index (χ2n) is 6.06. The summed E-state index contributed by atoms with van der Waals surface area (Å²) in [6.07, 6.45) is 7.28. The van der Waals surface area contributed by atoms with E-state index in [2.05, 4.69) is 31.8 Å². The fraction of sp³-hybridized carbons (Fsp3) is 0.389. The van der Waals surface area contributed by atoms with E-state index in [4.69, 9.17) is 6.42 Å². The molecule has 7 heteroatoms. The van der Waals surface area contributed by atoms with Crippen LogP contribution in [0.1, 0.15) is 41.0 Å². The van der Waals surface area contributed by atoms with E-state index in [-0.39, 0.29) is 11.6 Å². The number of terminal acetylenes is 1. The minimum Gasteiger partial charge on any atom is -0.350 e. The van der Waals surface area contributed by atoms with E-state index in [1.54, 1.807) is 4.68 Å². The molecule has 1 aliphatic heterocycles. The molecule has 3 rings (SSSR count). The Balaban J connectivity index is 1.54. The molecule has 0 unspecified atom stereocenters. The van der Waals surface area contributed by atoms with Crippen molar-refractivity contribution in [2.45, 2.75) is 38.4 Å². The molecule has 0 atom stereocenters. The van der Waals surface area contributed by atoms with E-state index < -0.39 is 0 Å². The summed E-state index contributed by atoms with van der Waals surface area (Å²) in [5, 5.41) is 19.1. The summed E-state index contributed by atoms with van der Waals surface area (Å²) < 4.78 is 1.73. The zero-order valence-corrected chi connectivity index (χ0v) is 14.1. The summed E-state index contributed by atoms with van der Waals surface area (Å²) in [6.45, 7) is 2.90. The van der Waals surface area contributed by atoms with Gasteiger partial charge in [0.15, 0.2) is 11.4 Å². The molecule has 7 nitrogen and oxygen atoms in total. The monoisotopic (exact) mass is 336 g/mol. The van der Waals surface area contributed by atoms with Crippen LogP contribution >= 0.6 is 0 Å². The molecule has 1 N–H and O–H groups in total. The Morgan fingerprint density at radius 2 is 2.04 bits per heavy atom. The minimum absolute atomic E-state index is 0.232. The van der Waals surface area contributed by atoms with Gasteiger partial charge in [0.05, 0.1) is 12.2 Å². The molecule has 1 amide bonds. The van der Waals surface area contributed by atoms with Crippen LogP contribution in [0.15, 0.2) is 40.6 Å². The van der Waals surface area contributed by atoms with Crippen LogP contribution in [0.5, 0.6) is 0 Å². The van der Waals surface area contributed by atoms with Crippen LogP contribution in [0.2, 0.25) is 0 Å². The number of amides is 1. The molecule has 0 radical (unpaired) electrons. The van der Waals surface area contributed by atoms with E-state index in [1.165, 1.54) is 0 Å². The van der Waals surface area contributed by atoms with Crippen LogP contribution in [0.3, 0.4) is 0 Å². The van der Waals surface area contributed by atoms with Gasteiger partial charge in [-0.1, -0.05) is 35.5 Å². The van der Waals surface area contributed by atoms with Gasteiger partial charge in [0.1, 0.15) is 0 Å². The molecule has 25 heavy (non-hydrogen) atoms. The molecular formula is C18H20N6O. The van der Waals surface area contributed by atoms with Crippen LogP contribution in [-0.4, -0.2) is 33.1 Å². The number of nitrogens with zero attached hydrogens (tertiary/aromatic N) is 5. The number of rotatable bonds is 8. The average molecular weight is 336 g/mol. The second-order valence-corrected chi connectivity index (χ2v) is 6.06. The maximum absolute atomic E-state index is 12.3. The van der Waals surface area contributed by atoms with Crippen molar-refractivity contribution in [3.05, 3.63) is 47.3 Å². The Kier molecular flexibility index (Phi) is 4.89. The SMILES string of the molecule is C#CCCC1(CCNC(=O)c2nnn(Cc3ccccc3)c2C)N=N1. The summed E-state index contributed by atoms with van der Waals surface area (Å²) in [7, 11) is 0. The third kappa shape index (κ3) is 4.10. The van der Waals surface area contributed by atoms with Gasteiger partial charge in [-0.2, -0.15) is 10.2 Å². The van der Waals surface area contributed by atoms with Gasteiger partial charge in [-0.15, -0.1) is 17.4 Å². The Labute approximate surface area is 146 Å². The van der Waals surface area contributed by atoms with Crippen LogP contribution in [0.4, 0.5) is 0 Å². The quantitative estimate of drug-likeness (QED) is 0.751. The zero-order chi connectivity index (χ0) is 17.7. The molecule has 2 aromatic rings. The molecule has 1 aromatic carbocycles. The molecule has 0 aliphatic carbocycles. The Bertz CT molecular complexity index is 812. The van der Waals surface area contributed by atoms with Gasteiger partial charge >= 0.3 is 0 Å². The van der Waals surface area contributed by atoms with Crippen molar-refractivity contribution in [2.24, 2.45) is 10.2 Å². The molecule has 0 spiro atoms. The molecule has 1 aliphatic rings. The van der Waals surface area contributed by atoms with Crippen molar-refractivity contribution in [2.75, 3.05) is 6.54 Å². The minimum atomic E-state index is -0.389. The molecule has 1 aromatic heterocycles. The largest absolute Gasteiger partial charge is 0.350 e. The lowest BCUT2D eigenvalue weighted by atomic mass is 10.0. The first-order valence-corrected chi connectivity index (χ1v) is 8.23. The van der Waals surface area contributed by atoms with Crippen LogP contribution in [-0.2, 0) is 6.54 Å². The number of hydrogen-bond acceptors (Lipinski definition) is 5. The van der Waals surface area contributed by atoms with Crippen LogP contribution < -0.4 is 5.32 Å². The third-order valence-electron chi connectivity index (χ3n) is 4.24. The average Bonchev–Trinajstić information content (AvgIpc) is 3.31. The van der Waals surface area contributed by atoms with E-state index in [9.17, 15) is 4.79 Å². The number of carbonyl (C=O) groups excluding carboxylic acids is 1. The van der Waals surface area contributed by atoms with Crippen molar-refractivity contribution >= 4 is 5.91 Å². The maximum Gasteiger partial charge on any atom is 0.273 e. The zero-order valence-electron chi connectivity index (χ0n) is 14.1. The van der Waals surface area contributed by atoms with Gasteiger partial charge in [-0.05, 0) is 12.5 Å². The van der Waals surface area contributed by atoms with Crippen LogP contribution in [0.25, 0.3) is 0 Å².